The summed E-state index contributed by atoms with van der Waals surface area (Å²) in [5.41, 5.74) is 2.12. The molecule has 1 aromatic carbocycles. The maximum atomic E-state index is 13.4. The monoisotopic (exact) mass is 425 g/mol. The first-order valence-corrected chi connectivity index (χ1v) is 10.5. The van der Waals surface area contributed by atoms with Gasteiger partial charge in [-0.25, -0.2) is 18.7 Å². The van der Waals surface area contributed by atoms with Crippen LogP contribution >= 0.6 is 0 Å². The summed E-state index contributed by atoms with van der Waals surface area (Å²) in [6.45, 7) is 4.30. The number of H-pyrrole nitrogens is 1. The van der Waals surface area contributed by atoms with Crippen molar-refractivity contribution in [2.75, 3.05) is 18.4 Å². The predicted molar refractivity (Wildman–Crippen MR) is 116 cm³/mol. The molecular formula is C23H25F2N5O. The lowest BCUT2D eigenvalue weighted by atomic mass is 10.0. The van der Waals surface area contributed by atoms with Gasteiger partial charge in [0.2, 0.25) is 0 Å². The van der Waals surface area contributed by atoms with Gasteiger partial charge in [-0.15, -0.1) is 0 Å². The van der Waals surface area contributed by atoms with Gasteiger partial charge in [0, 0.05) is 49.2 Å². The highest BCUT2D eigenvalue weighted by molar-refractivity contribution is 5.56. The summed E-state index contributed by atoms with van der Waals surface area (Å²) in [5.74, 6) is -0.319. The molecule has 0 bridgehead atoms. The molecule has 4 rings (SSSR count). The Morgan fingerprint density at radius 2 is 1.94 bits per heavy atom. The van der Waals surface area contributed by atoms with Crippen molar-refractivity contribution in [2.24, 2.45) is 0 Å². The number of rotatable bonds is 6. The van der Waals surface area contributed by atoms with Crippen molar-refractivity contribution in [3.63, 3.8) is 0 Å². The minimum absolute atomic E-state index is 0.167. The first kappa shape index (κ1) is 21.1. The van der Waals surface area contributed by atoms with Gasteiger partial charge in [-0.1, -0.05) is 13.0 Å². The lowest BCUT2D eigenvalue weighted by Crippen LogP contribution is -2.38. The van der Waals surface area contributed by atoms with Crippen LogP contribution in [-0.2, 0) is 13.0 Å². The number of nitrogens with one attached hydrogen (secondary N) is 2. The number of pyridine rings is 1. The Balaban J connectivity index is 1.32. The van der Waals surface area contributed by atoms with Gasteiger partial charge >= 0.3 is 0 Å². The van der Waals surface area contributed by atoms with Crippen LogP contribution in [0.5, 0.6) is 0 Å². The van der Waals surface area contributed by atoms with Crippen molar-refractivity contribution < 1.29 is 8.78 Å². The lowest BCUT2D eigenvalue weighted by Gasteiger charge is -2.32. The zero-order valence-electron chi connectivity index (χ0n) is 17.4. The van der Waals surface area contributed by atoms with Gasteiger partial charge in [-0.2, -0.15) is 0 Å². The van der Waals surface area contributed by atoms with E-state index >= 15 is 0 Å². The summed E-state index contributed by atoms with van der Waals surface area (Å²) in [5, 5.41) is 3.45. The van der Waals surface area contributed by atoms with Crippen LogP contribution in [0.25, 0.3) is 11.4 Å². The number of benzene rings is 1. The van der Waals surface area contributed by atoms with Gasteiger partial charge in [-0.05, 0) is 49.1 Å². The fourth-order valence-electron chi connectivity index (χ4n) is 3.79. The quantitative estimate of drug-likeness (QED) is 0.629. The van der Waals surface area contributed by atoms with Crippen molar-refractivity contribution in [1.29, 1.82) is 0 Å². The van der Waals surface area contributed by atoms with E-state index in [1.807, 2.05) is 19.1 Å². The van der Waals surface area contributed by atoms with E-state index in [0.29, 0.717) is 24.8 Å². The highest BCUT2D eigenvalue weighted by Crippen LogP contribution is 2.20. The van der Waals surface area contributed by atoms with Gasteiger partial charge in [0.1, 0.15) is 11.6 Å². The molecule has 3 heterocycles. The number of piperidine rings is 1. The zero-order chi connectivity index (χ0) is 21.8. The molecule has 0 radical (unpaired) electrons. The first-order chi connectivity index (χ1) is 15.0. The van der Waals surface area contributed by atoms with Crippen LogP contribution in [0.1, 0.15) is 31.0 Å². The fraction of sp³-hybridized carbons (Fsp3) is 0.348. The Morgan fingerprint density at radius 3 is 2.61 bits per heavy atom. The molecule has 2 N–H and O–H groups in total. The van der Waals surface area contributed by atoms with E-state index in [-0.39, 0.29) is 5.56 Å². The number of likely N-dealkylation sites (tertiary alicyclic amines) is 1. The van der Waals surface area contributed by atoms with Crippen LogP contribution in [0.15, 0.2) is 47.4 Å². The number of nitrogens with zero attached hydrogens (tertiary/aromatic N) is 3. The summed E-state index contributed by atoms with van der Waals surface area (Å²) < 4.78 is 26.5. The summed E-state index contributed by atoms with van der Waals surface area (Å²) in [7, 11) is 0. The minimum Gasteiger partial charge on any atom is -0.367 e. The minimum atomic E-state index is -0.814. The number of anilines is 1. The molecule has 1 fully saturated rings. The van der Waals surface area contributed by atoms with Gasteiger partial charge in [0.15, 0.2) is 11.6 Å². The van der Waals surface area contributed by atoms with Crippen LogP contribution in [0.4, 0.5) is 14.6 Å². The third-order valence-corrected chi connectivity index (χ3v) is 5.52. The van der Waals surface area contributed by atoms with Gasteiger partial charge in [0.05, 0.1) is 0 Å². The summed E-state index contributed by atoms with van der Waals surface area (Å²) in [4.78, 5) is 25.7. The summed E-state index contributed by atoms with van der Waals surface area (Å²) >= 11 is 0. The smallest absolute Gasteiger partial charge is 0.251 e. The number of aromatic amines is 1. The van der Waals surface area contributed by atoms with Crippen molar-refractivity contribution >= 4 is 5.82 Å². The number of hydrogen-bond acceptors (Lipinski definition) is 5. The number of aromatic nitrogens is 3. The molecule has 0 unspecified atom stereocenters. The summed E-state index contributed by atoms with van der Waals surface area (Å²) in [6.07, 6.45) is 4.26. The molecular weight excluding hydrogens is 400 g/mol. The average Bonchev–Trinajstić information content (AvgIpc) is 2.78. The molecule has 2 aromatic heterocycles. The topological polar surface area (TPSA) is 73.9 Å². The Labute approximate surface area is 179 Å². The van der Waals surface area contributed by atoms with E-state index in [1.54, 1.807) is 12.3 Å². The second kappa shape index (κ2) is 9.34. The van der Waals surface area contributed by atoms with Crippen LogP contribution in [0.2, 0.25) is 0 Å². The van der Waals surface area contributed by atoms with E-state index in [2.05, 4.69) is 25.2 Å². The SMILES string of the molecule is CCc1cc(=O)[nH]c(-c2ccc(NC3CCN(Cc4ccc(F)c(F)c4)CC3)nc2)n1. The molecule has 162 valence electrons. The first-order valence-electron chi connectivity index (χ1n) is 10.5. The average molecular weight is 425 g/mol. The predicted octanol–water partition coefficient (Wildman–Crippen LogP) is 3.75. The van der Waals surface area contributed by atoms with E-state index in [9.17, 15) is 13.6 Å². The molecule has 1 aliphatic heterocycles. The number of hydrogen-bond donors (Lipinski definition) is 2. The third-order valence-electron chi connectivity index (χ3n) is 5.52. The Hall–Kier alpha value is -3.13. The molecule has 0 atom stereocenters. The molecule has 0 amide bonds. The lowest BCUT2D eigenvalue weighted by molar-refractivity contribution is 0.211. The van der Waals surface area contributed by atoms with Crippen molar-refractivity contribution in [2.45, 2.75) is 38.8 Å². The van der Waals surface area contributed by atoms with Crippen molar-refractivity contribution in [3.05, 3.63) is 75.8 Å². The molecule has 3 aromatic rings. The van der Waals surface area contributed by atoms with Crippen LogP contribution in [0.3, 0.4) is 0 Å². The van der Waals surface area contributed by atoms with Crippen molar-refractivity contribution in [1.82, 2.24) is 19.9 Å². The van der Waals surface area contributed by atoms with Gasteiger partial charge in [-0.3, -0.25) is 9.69 Å². The second-order valence-corrected chi connectivity index (χ2v) is 7.81. The standard InChI is InChI=1S/C23H25F2N5O/c1-2-17-12-22(31)29-23(28-17)16-4-6-21(26-13-16)27-18-7-9-30(10-8-18)14-15-3-5-19(24)20(25)11-15/h3-6,11-13,18H,2,7-10,14H2,1H3,(H,26,27)(H,28,29,31). The normalized spacial score (nSPS) is 15.2. The Bertz CT molecular complexity index is 1090. The molecule has 31 heavy (non-hydrogen) atoms. The van der Waals surface area contributed by atoms with Crippen molar-refractivity contribution in [3.8, 4) is 11.4 Å². The van der Waals surface area contributed by atoms with Crippen LogP contribution < -0.4 is 10.9 Å². The third kappa shape index (κ3) is 5.32. The fourth-order valence-corrected chi connectivity index (χ4v) is 3.79. The molecule has 0 spiro atoms. The second-order valence-electron chi connectivity index (χ2n) is 7.81. The number of aryl methyl sites for hydroxylation is 1. The van der Waals surface area contributed by atoms with Gasteiger partial charge < -0.3 is 10.3 Å². The number of halogens is 2. The Morgan fingerprint density at radius 1 is 1.13 bits per heavy atom. The Kier molecular flexibility index (Phi) is 6.36. The molecule has 1 saturated heterocycles. The maximum absolute atomic E-state index is 13.4. The van der Waals surface area contributed by atoms with E-state index in [4.69, 9.17) is 0 Å². The maximum Gasteiger partial charge on any atom is 0.251 e. The largest absolute Gasteiger partial charge is 0.367 e. The molecule has 0 saturated carbocycles. The van der Waals surface area contributed by atoms with E-state index in [1.165, 1.54) is 18.2 Å². The molecule has 0 aliphatic carbocycles. The van der Waals surface area contributed by atoms with Crippen LogP contribution in [-0.4, -0.2) is 39.0 Å². The zero-order valence-corrected chi connectivity index (χ0v) is 17.4. The summed E-state index contributed by atoms with van der Waals surface area (Å²) in [6, 6.07) is 9.66. The van der Waals surface area contributed by atoms with E-state index in [0.717, 1.165) is 48.6 Å². The highest BCUT2D eigenvalue weighted by Gasteiger charge is 2.20. The molecule has 1 aliphatic rings. The van der Waals surface area contributed by atoms with Gasteiger partial charge in [0.25, 0.3) is 5.56 Å². The van der Waals surface area contributed by atoms with E-state index < -0.39 is 11.6 Å². The molecule has 6 nitrogen and oxygen atoms in total. The molecule has 8 heteroatoms. The highest BCUT2D eigenvalue weighted by atomic mass is 19.2. The van der Waals surface area contributed by atoms with Crippen LogP contribution in [0, 0.1) is 11.6 Å².